The number of anilines is 6. The minimum absolute atomic E-state index is 0.221. The number of rotatable bonds is 6. The molecule has 8 nitrogen and oxygen atoms in total. The minimum atomic E-state index is 0.221. The normalized spacial score (nSPS) is 13.7. The van der Waals surface area contributed by atoms with E-state index in [9.17, 15) is 10.2 Å². The first-order valence-electron chi connectivity index (χ1n) is 20.0. The van der Waals surface area contributed by atoms with Crippen molar-refractivity contribution in [2.45, 2.75) is 0 Å². The molecule has 8 heteroatoms. The van der Waals surface area contributed by atoms with E-state index in [2.05, 4.69) is 186 Å². The maximum absolute atomic E-state index is 11.8. The van der Waals surface area contributed by atoms with Gasteiger partial charge >= 0.3 is 0 Å². The lowest BCUT2D eigenvalue weighted by Crippen LogP contribution is -2.40. The summed E-state index contributed by atoms with van der Waals surface area (Å²) in [5, 5.41) is 28.3. The van der Waals surface area contributed by atoms with Crippen LogP contribution in [0.1, 0.15) is 0 Å². The molecule has 0 atom stereocenters. The third kappa shape index (κ3) is 5.02. The first kappa shape index (κ1) is 33.3. The number of aromatic hydroxyl groups is 2. The second-order valence-electron chi connectivity index (χ2n) is 15.4. The maximum atomic E-state index is 11.8. The average Bonchev–Trinajstić information content (AvgIpc) is 4.02. The van der Waals surface area contributed by atoms with Crippen molar-refractivity contribution < 1.29 is 10.2 Å². The molecule has 284 valence electrons. The predicted octanol–water partition coefficient (Wildman–Crippen LogP) is 11.8. The van der Waals surface area contributed by atoms with Crippen molar-refractivity contribution in [2.24, 2.45) is 0 Å². The molecule has 2 aliphatic heterocycles. The molecule has 0 fully saturated rings. The van der Waals surface area contributed by atoms with Crippen LogP contribution in [0.5, 0.6) is 11.5 Å². The minimum Gasteiger partial charge on any atom is -0.506 e. The van der Waals surface area contributed by atoms with Crippen LogP contribution in [0.2, 0.25) is 0 Å². The molecule has 4 heterocycles. The van der Waals surface area contributed by atoms with E-state index < -0.39 is 0 Å². The van der Waals surface area contributed by atoms with Gasteiger partial charge in [0.1, 0.15) is 11.5 Å². The van der Waals surface area contributed by atoms with Crippen molar-refractivity contribution in [1.29, 1.82) is 0 Å². The van der Waals surface area contributed by atoms with Crippen LogP contribution in [0.15, 0.2) is 182 Å². The Labute approximate surface area is 340 Å². The molecule has 12 rings (SSSR count). The highest BCUT2D eigenvalue weighted by molar-refractivity contribution is 6.10. The first-order valence-corrected chi connectivity index (χ1v) is 20.0. The molecular weight excluding hydrogens is 729 g/mol. The van der Waals surface area contributed by atoms with Gasteiger partial charge in [-0.3, -0.25) is 0 Å². The molecule has 0 amide bonds. The number of aromatic nitrogens is 2. The Bertz CT molecular complexity index is 2970. The molecule has 2 aliphatic rings. The third-order valence-electron chi connectivity index (χ3n) is 12.2. The standard InChI is InChI=1S/C51H38N6O2/c58-50-29-34(56-40-17-5-1-13-36(40)37-14-2-6-18-41(37)56)25-27-48(50)54-32-52(44-21-9-11-23-46(44)54)31-53-33-55(47-24-12-10-22-45(47)53)49-28-26-35(30-51(49)59)57-42-19-7-3-15-38(42)39-16-4-8-20-43(39)57/h1-30,58-59H,31-33H2. The third-order valence-corrected chi connectivity index (χ3v) is 12.2. The lowest BCUT2D eigenvalue weighted by atomic mass is 10.2. The van der Waals surface area contributed by atoms with Gasteiger partial charge < -0.3 is 38.9 Å². The van der Waals surface area contributed by atoms with Crippen LogP contribution >= 0.6 is 0 Å². The van der Waals surface area contributed by atoms with Crippen molar-refractivity contribution >= 4 is 77.7 Å². The summed E-state index contributed by atoms with van der Waals surface area (Å²) < 4.78 is 4.45. The van der Waals surface area contributed by atoms with Crippen LogP contribution in [0.3, 0.4) is 0 Å². The smallest absolute Gasteiger partial charge is 0.141 e. The van der Waals surface area contributed by atoms with Crippen LogP contribution in [0, 0.1) is 0 Å². The van der Waals surface area contributed by atoms with Crippen LogP contribution < -0.4 is 19.6 Å². The van der Waals surface area contributed by atoms with E-state index in [0.29, 0.717) is 20.0 Å². The van der Waals surface area contributed by atoms with Gasteiger partial charge in [-0.1, -0.05) is 97.1 Å². The molecule has 0 bridgehead atoms. The van der Waals surface area contributed by atoms with Gasteiger partial charge in [0.15, 0.2) is 0 Å². The van der Waals surface area contributed by atoms with Gasteiger partial charge in [-0.25, -0.2) is 0 Å². The maximum Gasteiger partial charge on any atom is 0.141 e. The molecule has 0 spiro atoms. The number of benzene rings is 8. The van der Waals surface area contributed by atoms with Gasteiger partial charge in [0, 0.05) is 33.7 Å². The van der Waals surface area contributed by atoms with E-state index in [1.54, 1.807) is 0 Å². The Hall–Kier alpha value is -7.84. The van der Waals surface area contributed by atoms with E-state index in [4.69, 9.17) is 0 Å². The molecule has 10 aromatic rings. The second-order valence-corrected chi connectivity index (χ2v) is 15.4. The SMILES string of the molecule is Oc1cc(-n2c3ccccc3c3ccccc32)ccc1N1CN(CN2CN(c3ccc(-n4c5ccccc5c5ccccc54)cc3O)c3ccccc32)c2ccccc21. The molecule has 2 N–H and O–H groups in total. The number of phenols is 2. The van der Waals surface area contributed by atoms with Crippen molar-refractivity contribution in [3.05, 3.63) is 182 Å². The van der Waals surface area contributed by atoms with Gasteiger partial charge in [0.25, 0.3) is 0 Å². The number of phenolic OH excluding ortho intramolecular Hbond substituents is 2. The summed E-state index contributed by atoms with van der Waals surface area (Å²) in [6.07, 6.45) is 0. The van der Waals surface area contributed by atoms with Gasteiger partial charge in [0.2, 0.25) is 0 Å². The highest BCUT2D eigenvalue weighted by Crippen LogP contribution is 2.48. The van der Waals surface area contributed by atoms with Gasteiger partial charge in [-0.05, 0) is 72.8 Å². The molecule has 0 unspecified atom stereocenters. The van der Waals surface area contributed by atoms with Gasteiger partial charge in [0.05, 0.1) is 87.6 Å². The van der Waals surface area contributed by atoms with E-state index in [0.717, 1.165) is 67.6 Å². The first-order chi connectivity index (χ1) is 29.1. The van der Waals surface area contributed by atoms with Crippen molar-refractivity contribution in [2.75, 3.05) is 39.6 Å². The molecule has 8 aromatic carbocycles. The van der Waals surface area contributed by atoms with E-state index >= 15 is 0 Å². The van der Waals surface area contributed by atoms with Gasteiger partial charge in [-0.15, -0.1) is 0 Å². The Morgan fingerprint density at radius 3 is 1.02 bits per heavy atom. The fourth-order valence-electron chi connectivity index (χ4n) is 9.59. The van der Waals surface area contributed by atoms with Crippen LogP contribution in [0.4, 0.5) is 34.1 Å². The van der Waals surface area contributed by atoms with Gasteiger partial charge in [-0.2, -0.15) is 0 Å². The average molecular weight is 767 g/mol. The largest absolute Gasteiger partial charge is 0.506 e. The summed E-state index contributed by atoms with van der Waals surface area (Å²) in [6.45, 7) is 1.71. The molecule has 0 radical (unpaired) electrons. The zero-order chi connectivity index (χ0) is 39.2. The number of nitrogens with zero attached hydrogens (tertiary/aromatic N) is 6. The lowest BCUT2D eigenvalue weighted by molar-refractivity contribution is 0.475. The Morgan fingerprint density at radius 1 is 0.339 bits per heavy atom. The summed E-state index contributed by atoms with van der Waals surface area (Å²) >= 11 is 0. The summed E-state index contributed by atoms with van der Waals surface area (Å²) in [5.41, 5.74) is 12.0. The highest BCUT2D eigenvalue weighted by Gasteiger charge is 2.34. The topological polar surface area (TPSA) is 63.3 Å². The quantitative estimate of drug-likeness (QED) is 0.176. The van der Waals surface area contributed by atoms with Crippen molar-refractivity contribution in [1.82, 2.24) is 9.13 Å². The molecule has 2 aromatic heterocycles. The van der Waals surface area contributed by atoms with Crippen LogP contribution in [0.25, 0.3) is 55.0 Å². The van der Waals surface area contributed by atoms with Crippen molar-refractivity contribution in [3.8, 4) is 22.9 Å². The van der Waals surface area contributed by atoms with E-state index in [1.165, 1.54) is 21.5 Å². The fourth-order valence-corrected chi connectivity index (χ4v) is 9.59. The van der Waals surface area contributed by atoms with Crippen LogP contribution in [-0.2, 0) is 0 Å². The Kier molecular flexibility index (Phi) is 7.25. The molecule has 59 heavy (non-hydrogen) atoms. The zero-order valence-electron chi connectivity index (χ0n) is 32.0. The fraction of sp³-hybridized carbons (Fsp3) is 0.0588. The zero-order valence-corrected chi connectivity index (χ0v) is 32.0. The predicted molar refractivity (Wildman–Crippen MR) is 242 cm³/mol. The van der Waals surface area contributed by atoms with Crippen molar-refractivity contribution in [3.63, 3.8) is 0 Å². The number of hydrogen-bond acceptors (Lipinski definition) is 6. The summed E-state index contributed by atoms with van der Waals surface area (Å²) in [4.78, 5) is 9.08. The molecule has 0 saturated carbocycles. The Morgan fingerprint density at radius 2 is 0.661 bits per heavy atom. The van der Waals surface area contributed by atoms with E-state index in [1.807, 2.05) is 24.3 Å². The summed E-state index contributed by atoms with van der Waals surface area (Å²) in [5.74, 6) is 0.442. The summed E-state index contributed by atoms with van der Waals surface area (Å²) in [6, 6.07) is 62.5. The molecule has 0 aliphatic carbocycles. The lowest BCUT2D eigenvalue weighted by Gasteiger charge is -2.29. The van der Waals surface area contributed by atoms with Crippen LogP contribution in [-0.4, -0.2) is 39.4 Å². The second kappa shape index (κ2) is 12.8. The summed E-state index contributed by atoms with van der Waals surface area (Å²) in [7, 11) is 0. The molecular formula is C51H38N6O2. The number of fused-ring (bicyclic) bond motifs is 8. The number of hydrogen-bond donors (Lipinski definition) is 2. The molecule has 0 saturated heterocycles. The Balaban J connectivity index is 0.854. The number of para-hydroxylation sites is 8. The van der Waals surface area contributed by atoms with E-state index in [-0.39, 0.29) is 11.5 Å². The monoisotopic (exact) mass is 766 g/mol. The highest BCUT2D eigenvalue weighted by atomic mass is 16.3.